The Labute approximate surface area is 162 Å². The largest absolute Gasteiger partial charge is 0.257 e. The van der Waals surface area contributed by atoms with Crippen LogP contribution in [0.2, 0.25) is 5.02 Å². The molecule has 0 radical (unpaired) electrons. The first-order chi connectivity index (χ1) is 12.6. The molecule has 0 heterocycles. The van der Waals surface area contributed by atoms with Crippen LogP contribution >= 0.6 is 23.4 Å². The number of nitrogens with zero attached hydrogens (tertiary/aromatic N) is 1. The normalized spacial score (nSPS) is 11.9. The fourth-order valence-corrected chi connectivity index (χ4v) is 3.29. The Morgan fingerprint density at radius 2 is 1.58 bits per heavy atom. The van der Waals surface area contributed by atoms with E-state index in [2.05, 4.69) is 4.99 Å². The summed E-state index contributed by atoms with van der Waals surface area (Å²) in [5.41, 5.74) is 3.13. The SMILES string of the molecule is Cc1ccc(N=CC=C(Sc2ccc(F)cc2)c2ccc(Cl)cc2)cc1. The molecule has 0 aromatic heterocycles. The molecule has 3 aromatic rings. The summed E-state index contributed by atoms with van der Waals surface area (Å²) >= 11 is 7.55. The van der Waals surface area contributed by atoms with Crippen LogP contribution in [0, 0.1) is 12.7 Å². The molecular formula is C22H17ClFNS. The Bertz CT molecular complexity index is 914. The second kappa shape index (κ2) is 8.84. The van der Waals surface area contributed by atoms with E-state index in [4.69, 9.17) is 11.6 Å². The van der Waals surface area contributed by atoms with Gasteiger partial charge in [-0.3, -0.25) is 4.99 Å². The van der Waals surface area contributed by atoms with Crippen molar-refractivity contribution >= 4 is 40.2 Å². The summed E-state index contributed by atoms with van der Waals surface area (Å²) < 4.78 is 13.2. The molecule has 4 heteroatoms. The minimum atomic E-state index is -0.243. The predicted octanol–water partition coefficient (Wildman–Crippen LogP) is 7.32. The lowest BCUT2D eigenvalue weighted by molar-refractivity contribution is 0.626. The molecule has 0 aliphatic heterocycles. The Hall–Kier alpha value is -2.36. The summed E-state index contributed by atoms with van der Waals surface area (Å²) in [5, 5.41) is 0.688. The topological polar surface area (TPSA) is 12.4 Å². The second-order valence-corrected chi connectivity index (χ2v) is 7.26. The number of rotatable bonds is 5. The van der Waals surface area contributed by atoms with Crippen molar-refractivity contribution in [3.63, 3.8) is 0 Å². The summed E-state index contributed by atoms with van der Waals surface area (Å²) in [6.45, 7) is 2.05. The fraction of sp³-hybridized carbons (Fsp3) is 0.0455. The van der Waals surface area contributed by atoms with Gasteiger partial charge in [-0.1, -0.05) is 53.2 Å². The Balaban J connectivity index is 1.87. The highest BCUT2D eigenvalue weighted by molar-refractivity contribution is 8.08. The van der Waals surface area contributed by atoms with Crippen molar-refractivity contribution in [2.75, 3.05) is 0 Å². The van der Waals surface area contributed by atoms with Crippen molar-refractivity contribution in [2.24, 2.45) is 4.99 Å². The van der Waals surface area contributed by atoms with Gasteiger partial charge in [-0.25, -0.2) is 4.39 Å². The van der Waals surface area contributed by atoms with Crippen LogP contribution in [0.3, 0.4) is 0 Å². The van der Waals surface area contributed by atoms with Crippen molar-refractivity contribution < 1.29 is 4.39 Å². The van der Waals surface area contributed by atoms with Crippen LogP contribution in [0.25, 0.3) is 4.91 Å². The quantitative estimate of drug-likeness (QED) is 0.333. The highest BCUT2D eigenvalue weighted by atomic mass is 35.5. The second-order valence-electron chi connectivity index (χ2n) is 5.71. The number of halogens is 2. The van der Waals surface area contributed by atoms with Gasteiger partial charge < -0.3 is 0 Å². The molecule has 0 unspecified atom stereocenters. The molecule has 26 heavy (non-hydrogen) atoms. The van der Waals surface area contributed by atoms with E-state index in [0.717, 1.165) is 21.1 Å². The van der Waals surface area contributed by atoms with Crippen LogP contribution in [0.5, 0.6) is 0 Å². The third-order valence-corrected chi connectivity index (χ3v) is 5.01. The van der Waals surface area contributed by atoms with E-state index in [1.807, 2.05) is 61.5 Å². The monoisotopic (exact) mass is 381 g/mol. The third kappa shape index (κ3) is 5.32. The van der Waals surface area contributed by atoms with E-state index in [0.29, 0.717) is 5.02 Å². The van der Waals surface area contributed by atoms with Gasteiger partial charge >= 0.3 is 0 Å². The van der Waals surface area contributed by atoms with Gasteiger partial charge in [-0.2, -0.15) is 0 Å². The van der Waals surface area contributed by atoms with Gasteiger partial charge in [0.15, 0.2) is 0 Å². The van der Waals surface area contributed by atoms with Crippen LogP contribution in [0.1, 0.15) is 11.1 Å². The molecule has 0 spiro atoms. The Kier molecular flexibility index (Phi) is 6.26. The van der Waals surface area contributed by atoms with Gasteiger partial charge in [-0.15, -0.1) is 0 Å². The van der Waals surface area contributed by atoms with E-state index < -0.39 is 0 Å². The summed E-state index contributed by atoms with van der Waals surface area (Å²) in [6, 6.07) is 22.1. The zero-order valence-corrected chi connectivity index (χ0v) is 15.8. The number of allylic oxidation sites excluding steroid dienone is 1. The lowest BCUT2D eigenvalue weighted by atomic mass is 10.2. The van der Waals surface area contributed by atoms with Gasteiger partial charge in [0.25, 0.3) is 0 Å². The molecule has 0 fully saturated rings. The highest BCUT2D eigenvalue weighted by Crippen LogP contribution is 2.34. The third-order valence-electron chi connectivity index (χ3n) is 3.65. The molecule has 0 saturated heterocycles. The maximum absolute atomic E-state index is 13.2. The minimum absolute atomic E-state index is 0.243. The first kappa shape index (κ1) is 18.4. The van der Waals surface area contributed by atoms with E-state index >= 15 is 0 Å². The summed E-state index contributed by atoms with van der Waals surface area (Å²) in [4.78, 5) is 6.44. The number of benzene rings is 3. The molecule has 0 bridgehead atoms. The van der Waals surface area contributed by atoms with Crippen molar-refractivity contribution in [3.05, 3.63) is 101 Å². The predicted molar refractivity (Wildman–Crippen MR) is 111 cm³/mol. The molecule has 0 N–H and O–H groups in total. The fourth-order valence-electron chi connectivity index (χ4n) is 2.25. The number of thioether (sulfide) groups is 1. The Morgan fingerprint density at radius 1 is 0.923 bits per heavy atom. The summed E-state index contributed by atoms with van der Waals surface area (Å²) in [5.74, 6) is -0.243. The van der Waals surface area contributed by atoms with Crippen molar-refractivity contribution in [2.45, 2.75) is 11.8 Å². The average molecular weight is 382 g/mol. The van der Waals surface area contributed by atoms with Crippen molar-refractivity contribution in [1.82, 2.24) is 0 Å². The first-order valence-electron chi connectivity index (χ1n) is 8.10. The molecule has 3 rings (SSSR count). The van der Waals surface area contributed by atoms with E-state index in [1.165, 1.54) is 17.7 Å². The molecule has 0 amide bonds. The zero-order valence-electron chi connectivity index (χ0n) is 14.2. The lowest BCUT2D eigenvalue weighted by Gasteiger charge is -2.07. The van der Waals surface area contributed by atoms with Gasteiger partial charge in [0.05, 0.1) is 5.69 Å². The Morgan fingerprint density at radius 3 is 2.23 bits per heavy atom. The molecule has 0 atom stereocenters. The van der Waals surface area contributed by atoms with E-state index in [9.17, 15) is 4.39 Å². The molecule has 0 saturated carbocycles. The highest BCUT2D eigenvalue weighted by Gasteiger charge is 2.04. The van der Waals surface area contributed by atoms with Crippen LogP contribution < -0.4 is 0 Å². The molecule has 3 aromatic carbocycles. The number of hydrogen-bond acceptors (Lipinski definition) is 2. The van der Waals surface area contributed by atoms with E-state index in [-0.39, 0.29) is 5.82 Å². The average Bonchev–Trinajstić information content (AvgIpc) is 2.65. The van der Waals surface area contributed by atoms with Crippen molar-refractivity contribution in [1.29, 1.82) is 0 Å². The minimum Gasteiger partial charge on any atom is -0.257 e. The number of hydrogen-bond donors (Lipinski definition) is 0. The summed E-state index contributed by atoms with van der Waals surface area (Å²) in [6.07, 6.45) is 3.74. The zero-order chi connectivity index (χ0) is 18.4. The number of aryl methyl sites for hydroxylation is 1. The standard InChI is InChI=1S/C22H17ClFNS/c1-16-2-10-20(11-3-16)25-15-14-22(17-4-6-18(23)7-5-17)26-21-12-8-19(24)9-13-21/h2-15H,1H3. The first-order valence-corrected chi connectivity index (χ1v) is 9.30. The van der Waals surface area contributed by atoms with Crippen LogP contribution in [-0.2, 0) is 0 Å². The van der Waals surface area contributed by atoms with Crippen molar-refractivity contribution in [3.8, 4) is 0 Å². The van der Waals surface area contributed by atoms with Crippen LogP contribution in [0.4, 0.5) is 10.1 Å². The molecule has 0 aliphatic carbocycles. The number of aliphatic imine (C=N–C) groups is 1. The van der Waals surface area contributed by atoms with Gasteiger partial charge in [0.2, 0.25) is 0 Å². The lowest BCUT2D eigenvalue weighted by Crippen LogP contribution is -1.83. The van der Waals surface area contributed by atoms with Crippen LogP contribution in [0.15, 0.2) is 88.8 Å². The smallest absolute Gasteiger partial charge is 0.123 e. The maximum Gasteiger partial charge on any atom is 0.123 e. The molecule has 0 aliphatic rings. The maximum atomic E-state index is 13.2. The van der Waals surface area contributed by atoms with E-state index in [1.54, 1.807) is 30.1 Å². The summed E-state index contributed by atoms with van der Waals surface area (Å²) in [7, 11) is 0. The van der Waals surface area contributed by atoms with Crippen LogP contribution in [-0.4, -0.2) is 6.21 Å². The van der Waals surface area contributed by atoms with Gasteiger partial charge in [0, 0.05) is 21.0 Å². The molecule has 130 valence electrons. The molecular weight excluding hydrogens is 365 g/mol. The molecule has 1 nitrogen and oxygen atoms in total. The van der Waals surface area contributed by atoms with Gasteiger partial charge in [-0.05, 0) is 67.1 Å². The van der Waals surface area contributed by atoms with Gasteiger partial charge in [0.1, 0.15) is 5.82 Å².